The summed E-state index contributed by atoms with van der Waals surface area (Å²) < 4.78 is 10.7. The Morgan fingerprint density at radius 1 is 1.22 bits per heavy atom. The molecule has 2 N–H and O–H groups in total. The molecule has 0 aliphatic rings. The van der Waals surface area contributed by atoms with Gasteiger partial charge in [0, 0.05) is 23.4 Å². The fourth-order valence-corrected chi connectivity index (χ4v) is 2.17. The lowest BCUT2D eigenvalue weighted by Crippen LogP contribution is -2.08. The van der Waals surface area contributed by atoms with Crippen LogP contribution >= 0.6 is 0 Å². The summed E-state index contributed by atoms with van der Waals surface area (Å²) >= 11 is 0. The zero-order valence-corrected chi connectivity index (χ0v) is 12.9. The second kappa shape index (κ2) is 6.83. The summed E-state index contributed by atoms with van der Waals surface area (Å²) in [6, 6.07) is 8.08. The highest BCUT2D eigenvalue weighted by molar-refractivity contribution is 6.12. The third-order valence-corrected chi connectivity index (χ3v) is 3.06. The van der Waals surface area contributed by atoms with Gasteiger partial charge in [0.2, 0.25) is 12.7 Å². The van der Waals surface area contributed by atoms with Crippen molar-refractivity contribution in [3.05, 3.63) is 48.2 Å². The molecule has 2 rings (SSSR count). The van der Waals surface area contributed by atoms with E-state index in [1.54, 1.807) is 31.2 Å². The molecule has 6 nitrogen and oxygen atoms in total. The van der Waals surface area contributed by atoms with E-state index in [4.69, 9.17) is 9.47 Å². The highest BCUT2D eigenvalue weighted by Gasteiger charge is 2.16. The van der Waals surface area contributed by atoms with Crippen LogP contribution in [-0.4, -0.2) is 23.8 Å². The van der Waals surface area contributed by atoms with E-state index >= 15 is 0 Å². The van der Waals surface area contributed by atoms with Gasteiger partial charge < -0.3 is 19.9 Å². The largest absolute Gasteiger partial charge is 0.478 e. The summed E-state index contributed by atoms with van der Waals surface area (Å²) in [5.74, 6) is -0.483. The number of carbonyl (C=O) groups is 2. The molecule has 0 aromatic heterocycles. The number of rotatable bonds is 6. The maximum atomic E-state index is 11.5. The van der Waals surface area contributed by atoms with Crippen molar-refractivity contribution in [1.29, 1.82) is 0 Å². The quantitative estimate of drug-likeness (QED) is 0.630. The predicted molar refractivity (Wildman–Crippen MR) is 86.6 cm³/mol. The molecule has 120 valence electrons. The Bertz CT molecular complexity index is 782. The number of hydrogen-bond acceptors (Lipinski definition) is 4. The number of aromatic carboxylic acids is 1. The molecule has 0 aliphatic carbocycles. The molecule has 2 aromatic carbocycles. The Kier molecular flexibility index (Phi) is 4.85. The molecular weight excluding hydrogens is 298 g/mol. The van der Waals surface area contributed by atoms with Crippen molar-refractivity contribution >= 4 is 28.3 Å². The van der Waals surface area contributed by atoms with Gasteiger partial charge in [0.05, 0.1) is 11.3 Å². The van der Waals surface area contributed by atoms with Gasteiger partial charge in [-0.2, -0.15) is 0 Å². The normalized spacial score (nSPS) is 10.2. The lowest BCUT2D eigenvalue weighted by molar-refractivity contribution is -0.114. The van der Waals surface area contributed by atoms with E-state index in [1.165, 1.54) is 13.0 Å². The summed E-state index contributed by atoms with van der Waals surface area (Å²) in [4.78, 5) is 22.8. The predicted octanol–water partition coefficient (Wildman–Crippen LogP) is 3.38. The van der Waals surface area contributed by atoms with Gasteiger partial charge in [-0.15, -0.1) is 0 Å². The van der Waals surface area contributed by atoms with Crippen molar-refractivity contribution in [3.8, 4) is 5.75 Å². The van der Waals surface area contributed by atoms with Gasteiger partial charge >= 0.3 is 5.97 Å². The van der Waals surface area contributed by atoms with Crippen LogP contribution in [0.4, 0.5) is 5.69 Å². The maximum absolute atomic E-state index is 11.5. The van der Waals surface area contributed by atoms with Crippen molar-refractivity contribution in [1.82, 2.24) is 0 Å². The van der Waals surface area contributed by atoms with Gasteiger partial charge in [0.15, 0.2) is 0 Å². The van der Waals surface area contributed by atoms with Crippen LogP contribution in [0.2, 0.25) is 0 Å². The molecule has 0 spiro atoms. The van der Waals surface area contributed by atoms with Crippen LogP contribution in [0, 0.1) is 0 Å². The first kappa shape index (κ1) is 16.4. The van der Waals surface area contributed by atoms with E-state index in [0.29, 0.717) is 28.0 Å². The number of benzene rings is 2. The Balaban J connectivity index is 2.56. The van der Waals surface area contributed by atoms with Crippen LogP contribution in [0.15, 0.2) is 42.7 Å². The molecule has 2 aromatic rings. The fourth-order valence-electron chi connectivity index (χ4n) is 2.17. The Morgan fingerprint density at radius 3 is 2.57 bits per heavy atom. The van der Waals surface area contributed by atoms with Crippen molar-refractivity contribution in [2.45, 2.75) is 13.8 Å². The SMILES string of the molecule is C=C(C)OCOc1ccc(NC(C)=O)c2cccc(C(=O)O)c12. The number of anilines is 1. The molecule has 6 heteroatoms. The van der Waals surface area contributed by atoms with Crippen molar-refractivity contribution in [2.24, 2.45) is 0 Å². The van der Waals surface area contributed by atoms with E-state index in [1.807, 2.05) is 0 Å². The summed E-state index contributed by atoms with van der Waals surface area (Å²) in [5, 5.41) is 13.1. The number of carboxylic acid groups (broad SMARTS) is 1. The van der Waals surface area contributed by atoms with Crippen molar-refractivity contribution < 1.29 is 24.2 Å². The lowest BCUT2D eigenvalue weighted by atomic mass is 10.0. The smallest absolute Gasteiger partial charge is 0.336 e. The highest BCUT2D eigenvalue weighted by Crippen LogP contribution is 2.34. The first-order valence-corrected chi connectivity index (χ1v) is 6.88. The molecule has 0 radical (unpaired) electrons. The molecule has 0 aliphatic heterocycles. The molecule has 0 saturated heterocycles. The van der Waals surface area contributed by atoms with E-state index in [2.05, 4.69) is 11.9 Å². The molecule has 0 fully saturated rings. The van der Waals surface area contributed by atoms with E-state index < -0.39 is 5.97 Å². The number of carboxylic acids is 1. The maximum Gasteiger partial charge on any atom is 0.336 e. The van der Waals surface area contributed by atoms with Crippen LogP contribution in [0.25, 0.3) is 10.8 Å². The molecule has 0 atom stereocenters. The van der Waals surface area contributed by atoms with E-state index in [0.717, 1.165) is 0 Å². The molecule has 23 heavy (non-hydrogen) atoms. The first-order valence-electron chi connectivity index (χ1n) is 6.88. The molecule has 0 saturated carbocycles. The number of carbonyl (C=O) groups excluding carboxylic acids is 1. The highest BCUT2D eigenvalue weighted by atomic mass is 16.7. The van der Waals surface area contributed by atoms with Gasteiger partial charge in [-0.25, -0.2) is 4.79 Å². The average molecular weight is 315 g/mol. The average Bonchev–Trinajstić information content (AvgIpc) is 2.47. The minimum atomic E-state index is -1.08. The number of allylic oxidation sites excluding steroid dienone is 1. The zero-order valence-electron chi connectivity index (χ0n) is 12.9. The number of fused-ring (bicyclic) bond motifs is 1. The van der Waals surface area contributed by atoms with Crippen LogP contribution in [0.3, 0.4) is 0 Å². The summed E-state index contributed by atoms with van der Waals surface area (Å²) in [7, 11) is 0. The van der Waals surface area contributed by atoms with Crippen molar-refractivity contribution in [2.75, 3.05) is 12.1 Å². The van der Waals surface area contributed by atoms with Gasteiger partial charge in [-0.3, -0.25) is 4.79 Å². The molecule has 0 heterocycles. The van der Waals surface area contributed by atoms with Crippen LogP contribution in [0.5, 0.6) is 5.75 Å². The standard InChI is InChI=1S/C17H17NO5/c1-10(2)22-9-23-15-8-7-14(18-11(3)19)12-5-4-6-13(16(12)15)17(20)21/h4-8H,1,9H2,2-3H3,(H,18,19)(H,20,21). The fraction of sp³-hybridized carbons (Fsp3) is 0.176. The number of amides is 1. The zero-order chi connectivity index (χ0) is 17.0. The summed E-state index contributed by atoms with van der Waals surface area (Å²) in [5.41, 5.74) is 0.601. The number of ether oxygens (including phenoxy) is 2. The first-order chi connectivity index (χ1) is 10.9. The Morgan fingerprint density at radius 2 is 1.96 bits per heavy atom. The van der Waals surface area contributed by atoms with Gasteiger partial charge in [0.25, 0.3) is 0 Å². The Hall–Kier alpha value is -3.02. The summed E-state index contributed by atoms with van der Waals surface area (Å²) in [6.45, 7) is 6.58. The van der Waals surface area contributed by atoms with Gasteiger partial charge in [-0.05, 0) is 25.1 Å². The second-order valence-corrected chi connectivity index (χ2v) is 4.93. The number of nitrogens with one attached hydrogen (secondary N) is 1. The van der Waals surface area contributed by atoms with Crippen LogP contribution in [0.1, 0.15) is 24.2 Å². The monoisotopic (exact) mass is 315 g/mol. The minimum Gasteiger partial charge on any atom is -0.478 e. The minimum absolute atomic E-state index is 0.0834. The third-order valence-electron chi connectivity index (χ3n) is 3.06. The Labute approximate surface area is 133 Å². The van der Waals surface area contributed by atoms with Crippen LogP contribution < -0.4 is 10.1 Å². The van der Waals surface area contributed by atoms with Gasteiger partial charge in [0.1, 0.15) is 5.75 Å². The van der Waals surface area contributed by atoms with Gasteiger partial charge in [-0.1, -0.05) is 18.7 Å². The number of hydrogen-bond donors (Lipinski definition) is 2. The van der Waals surface area contributed by atoms with Crippen LogP contribution in [-0.2, 0) is 9.53 Å². The summed E-state index contributed by atoms with van der Waals surface area (Å²) in [6.07, 6.45) is 0. The molecular formula is C17H17NO5. The molecule has 1 amide bonds. The lowest BCUT2D eigenvalue weighted by Gasteiger charge is -2.15. The third kappa shape index (κ3) is 3.79. The van der Waals surface area contributed by atoms with E-state index in [-0.39, 0.29) is 18.3 Å². The molecule has 0 bridgehead atoms. The van der Waals surface area contributed by atoms with Crippen molar-refractivity contribution in [3.63, 3.8) is 0 Å². The van der Waals surface area contributed by atoms with E-state index in [9.17, 15) is 14.7 Å². The molecule has 0 unspecified atom stereocenters. The second-order valence-electron chi connectivity index (χ2n) is 4.93. The topological polar surface area (TPSA) is 84.9 Å².